The Morgan fingerprint density at radius 2 is 1.61 bits per heavy atom. The van der Waals surface area contributed by atoms with E-state index in [1.807, 2.05) is 38.0 Å². The summed E-state index contributed by atoms with van der Waals surface area (Å²) in [5.41, 5.74) is 3.61. The first-order valence-electron chi connectivity index (χ1n) is 9.44. The van der Waals surface area contributed by atoms with Crippen LogP contribution in [0.2, 0.25) is 5.02 Å². The molecule has 152 valence electrons. The first kappa shape index (κ1) is 25.6. The molecule has 2 aromatic carbocycles. The summed E-state index contributed by atoms with van der Waals surface area (Å²) >= 11 is 5.71. The summed E-state index contributed by atoms with van der Waals surface area (Å²) in [6, 6.07) is 16.2. The molecule has 1 N–H and O–H groups in total. The van der Waals surface area contributed by atoms with Crippen LogP contribution in [0.25, 0.3) is 0 Å². The summed E-state index contributed by atoms with van der Waals surface area (Å²) in [7, 11) is 0. The predicted molar refractivity (Wildman–Crippen MR) is 120 cm³/mol. The van der Waals surface area contributed by atoms with E-state index in [0.717, 1.165) is 29.1 Å². The molecule has 0 aliphatic heterocycles. The maximum absolute atomic E-state index is 11.0. The molecule has 0 aliphatic rings. The summed E-state index contributed by atoms with van der Waals surface area (Å²) in [6.45, 7) is 10.3. The van der Waals surface area contributed by atoms with Gasteiger partial charge < -0.3 is 10.1 Å². The van der Waals surface area contributed by atoms with Crippen molar-refractivity contribution >= 4 is 24.2 Å². The zero-order valence-corrected chi connectivity index (χ0v) is 17.8. The van der Waals surface area contributed by atoms with Gasteiger partial charge in [0.05, 0.1) is 0 Å². The average Bonchev–Trinajstić information content (AvgIpc) is 2.70. The number of carbonyl (C=O) groups excluding carboxylic acids is 2. The molecule has 0 aliphatic carbocycles. The molecular formula is C24H32ClNO2. The molecular weight excluding hydrogens is 370 g/mol. The van der Waals surface area contributed by atoms with Gasteiger partial charge in [0, 0.05) is 18.0 Å². The summed E-state index contributed by atoms with van der Waals surface area (Å²) in [6.07, 6.45) is 7.05. The van der Waals surface area contributed by atoms with Gasteiger partial charge in [-0.2, -0.15) is 0 Å². The summed E-state index contributed by atoms with van der Waals surface area (Å²) in [4.78, 5) is 19.0. The lowest BCUT2D eigenvalue weighted by atomic mass is 10.0. The number of hydrogen-bond acceptors (Lipinski definition) is 3. The minimum atomic E-state index is 0.220. The number of rotatable bonds is 9. The Kier molecular flexibility index (Phi) is 15.3. The minimum Gasteiger partial charge on any atom is -0.391 e. The fourth-order valence-corrected chi connectivity index (χ4v) is 2.63. The van der Waals surface area contributed by atoms with E-state index in [1.54, 1.807) is 13.1 Å². The number of ketones is 1. The Morgan fingerprint density at radius 1 is 1.00 bits per heavy atom. The van der Waals surface area contributed by atoms with Crippen LogP contribution in [0.15, 0.2) is 61.3 Å². The Bertz CT molecular complexity index is 662. The molecule has 0 aromatic heterocycles. The highest BCUT2D eigenvalue weighted by atomic mass is 35.5. The number of benzene rings is 2. The number of halogens is 1. The molecule has 0 fully saturated rings. The second kappa shape index (κ2) is 16.8. The molecule has 2 aromatic rings. The fraction of sp³-hybridized carbons (Fsp3) is 0.333. The van der Waals surface area contributed by atoms with Gasteiger partial charge >= 0.3 is 0 Å². The van der Waals surface area contributed by atoms with E-state index >= 15 is 0 Å². The van der Waals surface area contributed by atoms with Crippen molar-refractivity contribution in [3.63, 3.8) is 0 Å². The van der Waals surface area contributed by atoms with Crippen LogP contribution in [-0.2, 0) is 22.4 Å². The molecule has 0 radical (unpaired) electrons. The Balaban J connectivity index is 0.000000604. The lowest BCUT2D eigenvalue weighted by molar-refractivity contribution is -0.116. The van der Waals surface area contributed by atoms with Crippen molar-refractivity contribution in [2.45, 2.75) is 46.0 Å². The summed E-state index contributed by atoms with van der Waals surface area (Å²) < 4.78 is 0. The molecule has 0 spiro atoms. The predicted octanol–water partition coefficient (Wildman–Crippen LogP) is 5.73. The average molecular weight is 402 g/mol. The smallest absolute Gasteiger partial charge is 0.134 e. The van der Waals surface area contributed by atoms with Crippen LogP contribution in [0.3, 0.4) is 0 Å². The van der Waals surface area contributed by atoms with Crippen molar-refractivity contribution in [3.05, 3.63) is 83.0 Å². The van der Waals surface area contributed by atoms with Crippen molar-refractivity contribution < 1.29 is 9.59 Å². The quantitative estimate of drug-likeness (QED) is 0.546. The highest BCUT2D eigenvalue weighted by Gasteiger charge is 1.98. The zero-order valence-electron chi connectivity index (χ0n) is 17.0. The van der Waals surface area contributed by atoms with Crippen molar-refractivity contribution in [2.75, 3.05) is 6.54 Å². The SMILES string of the molecule is C=CNCCCCCc1ccc(CC(C)=O)cc1.C=O.Cc1ccccc1Cl. The third kappa shape index (κ3) is 12.9. The van der Waals surface area contributed by atoms with Crippen LogP contribution >= 0.6 is 11.6 Å². The van der Waals surface area contributed by atoms with Crippen molar-refractivity contribution in [3.8, 4) is 0 Å². The molecule has 0 amide bonds. The van der Waals surface area contributed by atoms with Crippen molar-refractivity contribution in [2.24, 2.45) is 0 Å². The third-order valence-corrected chi connectivity index (χ3v) is 4.41. The number of unbranched alkanes of at least 4 members (excludes halogenated alkanes) is 2. The topological polar surface area (TPSA) is 46.2 Å². The molecule has 2 rings (SSSR count). The van der Waals surface area contributed by atoms with E-state index in [-0.39, 0.29) is 5.78 Å². The minimum absolute atomic E-state index is 0.220. The number of hydrogen-bond donors (Lipinski definition) is 1. The molecule has 28 heavy (non-hydrogen) atoms. The van der Waals surface area contributed by atoms with Gasteiger partial charge in [0.15, 0.2) is 0 Å². The van der Waals surface area contributed by atoms with Gasteiger partial charge in [-0.15, -0.1) is 0 Å². The Hall–Kier alpha value is -2.39. The maximum atomic E-state index is 11.0. The monoisotopic (exact) mass is 401 g/mol. The van der Waals surface area contributed by atoms with Crippen LogP contribution in [0.4, 0.5) is 0 Å². The molecule has 4 heteroatoms. The highest BCUT2D eigenvalue weighted by Crippen LogP contribution is 2.12. The molecule has 0 unspecified atom stereocenters. The van der Waals surface area contributed by atoms with Gasteiger partial charge in [-0.25, -0.2) is 0 Å². The lowest BCUT2D eigenvalue weighted by Crippen LogP contribution is -2.05. The summed E-state index contributed by atoms with van der Waals surface area (Å²) in [5.74, 6) is 0.220. The molecule has 0 saturated carbocycles. The van der Waals surface area contributed by atoms with Gasteiger partial charge in [-0.3, -0.25) is 4.79 Å². The molecule has 0 saturated heterocycles. The van der Waals surface area contributed by atoms with E-state index in [1.165, 1.54) is 24.8 Å². The van der Waals surface area contributed by atoms with E-state index in [2.05, 4.69) is 36.2 Å². The molecule has 0 heterocycles. The van der Waals surface area contributed by atoms with E-state index < -0.39 is 0 Å². The second-order valence-corrected chi connectivity index (χ2v) is 6.82. The standard InChI is InChI=1S/C16H23NO.C7H7Cl.CH2O/c1-3-17-12-6-4-5-7-15-8-10-16(11-9-15)13-14(2)18;1-6-4-2-3-5-7(6)8;1-2/h3,8-11,17H,1,4-7,12-13H2,2H3;2-5H,1H3;1H2. The number of nitrogens with one attached hydrogen (secondary N) is 1. The largest absolute Gasteiger partial charge is 0.391 e. The number of Topliss-reactive ketones (excluding diaryl/α,β-unsaturated/α-hetero) is 1. The zero-order chi connectivity index (χ0) is 21.2. The highest BCUT2D eigenvalue weighted by molar-refractivity contribution is 6.31. The van der Waals surface area contributed by atoms with Gasteiger partial charge in [0.1, 0.15) is 12.6 Å². The molecule has 3 nitrogen and oxygen atoms in total. The van der Waals surface area contributed by atoms with Crippen molar-refractivity contribution in [1.82, 2.24) is 5.32 Å². The number of carbonyl (C=O) groups is 2. The maximum Gasteiger partial charge on any atom is 0.134 e. The lowest BCUT2D eigenvalue weighted by Gasteiger charge is -2.04. The Labute approximate surface area is 174 Å². The fourth-order valence-electron chi connectivity index (χ4n) is 2.50. The van der Waals surface area contributed by atoms with Crippen molar-refractivity contribution in [1.29, 1.82) is 0 Å². The van der Waals surface area contributed by atoms with Crippen LogP contribution in [0.1, 0.15) is 42.9 Å². The van der Waals surface area contributed by atoms with Crippen LogP contribution in [0, 0.1) is 6.92 Å². The second-order valence-electron chi connectivity index (χ2n) is 6.41. The van der Waals surface area contributed by atoms with Gasteiger partial charge in [-0.1, -0.05) is 67.1 Å². The van der Waals surface area contributed by atoms with Crippen LogP contribution < -0.4 is 5.32 Å². The van der Waals surface area contributed by atoms with Gasteiger partial charge in [0.25, 0.3) is 0 Å². The molecule has 0 atom stereocenters. The first-order chi connectivity index (χ1) is 13.5. The normalized spacial score (nSPS) is 9.25. The third-order valence-electron chi connectivity index (χ3n) is 3.98. The van der Waals surface area contributed by atoms with Gasteiger partial charge in [-0.05, 0) is 62.1 Å². The van der Waals surface area contributed by atoms with E-state index in [0.29, 0.717) is 6.42 Å². The van der Waals surface area contributed by atoms with Crippen LogP contribution in [-0.4, -0.2) is 19.1 Å². The summed E-state index contributed by atoms with van der Waals surface area (Å²) in [5, 5.41) is 3.94. The van der Waals surface area contributed by atoms with E-state index in [4.69, 9.17) is 16.4 Å². The van der Waals surface area contributed by atoms with E-state index in [9.17, 15) is 4.79 Å². The van der Waals surface area contributed by atoms with Gasteiger partial charge in [0.2, 0.25) is 0 Å². The van der Waals surface area contributed by atoms with Crippen LogP contribution in [0.5, 0.6) is 0 Å². The Morgan fingerprint density at radius 3 is 2.11 bits per heavy atom. The number of aryl methyl sites for hydroxylation is 2. The molecule has 0 bridgehead atoms. The first-order valence-corrected chi connectivity index (χ1v) is 9.82.